The van der Waals surface area contributed by atoms with E-state index in [-0.39, 0.29) is 16.4 Å². The molecule has 1 aliphatic carbocycles. The average molecular weight is 424 g/mol. The molecule has 0 spiro atoms. The number of phenols is 1. The van der Waals surface area contributed by atoms with E-state index < -0.39 is 15.1 Å². The molecule has 30 heavy (non-hydrogen) atoms. The van der Waals surface area contributed by atoms with Gasteiger partial charge in [-0.15, -0.1) is 0 Å². The molecule has 6 nitrogen and oxygen atoms in total. The summed E-state index contributed by atoms with van der Waals surface area (Å²) in [6, 6.07) is 8.65. The molecule has 0 saturated carbocycles. The van der Waals surface area contributed by atoms with Crippen molar-refractivity contribution in [3.63, 3.8) is 0 Å². The van der Waals surface area contributed by atoms with Gasteiger partial charge in [0.2, 0.25) is 0 Å². The third kappa shape index (κ3) is 2.48. The second-order valence-corrected chi connectivity index (χ2v) is 11.0. The van der Waals surface area contributed by atoms with Gasteiger partial charge in [0.25, 0.3) is 0 Å². The Bertz CT molecular complexity index is 1330. The number of benzene rings is 2. The number of aromatic hydroxyl groups is 1. The van der Waals surface area contributed by atoms with Crippen LogP contribution in [0.2, 0.25) is 0 Å². The van der Waals surface area contributed by atoms with E-state index in [2.05, 4.69) is 10.9 Å². The van der Waals surface area contributed by atoms with Crippen LogP contribution >= 0.6 is 0 Å². The number of carbonyl (C=O) groups is 1. The number of fused-ring (bicyclic) bond motifs is 4. The van der Waals surface area contributed by atoms with Crippen molar-refractivity contribution in [1.29, 1.82) is 0 Å². The summed E-state index contributed by atoms with van der Waals surface area (Å²) in [6.45, 7) is 5.37. The Morgan fingerprint density at radius 1 is 1.20 bits per heavy atom. The lowest BCUT2D eigenvalue weighted by Gasteiger charge is -2.33. The van der Waals surface area contributed by atoms with Crippen LogP contribution in [-0.2, 0) is 15.1 Å². The highest BCUT2D eigenvalue weighted by atomic mass is 32.2. The lowest BCUT2D eigenvalue weighted by Crippen LogP contribution is -2.32. The van der Waals surface area contributed by atoms with Crippen LogP contribution in [0.15, 0.2) is 35.2 Å². The number of aromatic amines is 1. The van der Waals surface area contributed by atoms with Gasteiger partial charge in [0, 0.05) is 46.4 Å². The number of hydrogen-bond acceptors (Lipinski definition) is 4. The number of nitrogens with two attached hydrogens (primary N) is 1. The largest absolute Gasteiger partial charge is 0.507 e. The predicted molar refractivity (Wildman–Crippen MR) is 121 cm³/mol. The monoisotopic (exact) mass is 423 g/mol. The number of nitrogens with one attached hydrogen (secondary N) is 1. The van der Waals surface area contributed by atoms with Gasteiger partial charge in [0.05, 0.1) is 20.2 Å². The summed E-state index contributed by atoms with van der Waals surface area (Å²) in [6.07, 6.45) is 1.90. The highest BCUT2D eigenvalue weighted by Crippen LogP contribution is 2.46. The van der Waals surface area contributed by atoms with E-state index in [4.69, 9.17) is 5.73 Å². The minimum Gasteiger partial charge on any atom is -0.507 e. The summed E-state index contributed by atoms with van der Waals surface area (Å²) in [5.74, 6) is 3.73. The zero-order valence-corrected chi connectivity index (χ0v) is 17.9. The predicted octanol–water partition coefficient (Wildman–Crippen LogP) is 3.41. The summed E-state index contributed by atoms with van der Waals surface area (Å²) in [5, 5.41) is 11.6. The Balaban J connectivity index is 1.75. The van der Waals surface area contributed by atoms with Gasteiger partial charge in [-0.1, -0.05) is 19.9 Å². The molecule has 0 radical (unpaired) electrons. The van der Waals surface area contributed by atoms with Gasteiger partial charge >= 0.3 is 0 Å². The number of rotatable bonds is 2. The zero-order valence-electron chi connectivity index (χ0n) is 17.1. The first kappa shape index (κ1) is 19.2. The summed E-state index contributed by atoms with van der Waals surface area (Å²) in [7, 11) is -2.87. The lowest BCUT2D eigenvalue weighted by atomic mass is 9.71. The first-order chi connectivity index (χ1) is 14.1. The lowest BCUT2D eigenvalue weighted by molar-refractivity contribution is 0.103. The van der Waals surface area contributed by atoms with Crippen molar-refractivity contribution < 1.29 is 14.1 Å². The Hall–Kier alpha value is -2.77. The van der Waals surface area contributed by atoms with E-state index in [9.17, 15) is 14.1 Å². The van der Waals surface area contributed by atoms with Crippen LogP contribution in [0.25, 0.3) is 10.9 Å². The highest BCUT2D eigenvalue weighted by molar-refractivity contribution is 7.98. The van der Waals surface area contributed by atoms with E-state index in [1.54, 1.807) is 18.2 Å². The quantitative estimate of drug-likeness (QED) is 0.434. The zero-order chi connectivity index (χ0) is 21.4. The number of nitrogens with zero attached hydrogens (tertiary/aromatic N) is 1. The molecule has 2 aromatic carbocycles. The standard InChI is InChI=1S/C23H25N3O3S/c1-23(2)16-12-18(27)19(30(3,29)26-8-4-5-9-26)11-15(16)21(28)20-14-7-6-13(24)10-17(14)25-22(20)23/h6-7,10-12,25,27H,3-5,8-9,24H2,1-2H3. The minimum atomic E-state index is -2.87. The Kier molecular flexibility index (Phi) is 3.92. The molecule has 2 heterocycles. The third-order valence-corrected chi connectivity index (χ3v) is 8.73. The molecule has 1 aliphatic heterocycles. The first-order valence-corrected chi connectivity index (χ1v) is 11.8. The van der Waals surface area contributed by atoms with Crippen LogP contribution in [0, 0.1) is 0 Å². The Morgan fingerprint density at radius 3 is 2.60 bits per heavy atom. The number of carbonyl (C=O) groups excluding carboxylic acids is 1. The summed E-state index contributed by atoms with van der Waals surface area (Å²) >= 11 is 0. The maximum absolute atomic E-state index is 13.6. The maximum atomic E-state index is 13.6. The fourth-order valence-electron chi connectivity index (χ4n) is 4.84. The minimum absolute atomic E-state index is 0.0784. The van der Waals surface area contributed by atoms with Crippen LogP contribution in [0.5, 0.6) is 5.75 Å². The molecule has 0 bridgehead atoms. The molecular formula is C23H25N3O3S. The second kappa shape index (κ2) is 6.12. The summed E-state index contributed by atoms with van der Waals surface area (Å²) in [4.78, 5) is 17.2. The molecule has 1 unspecified atom stereocenters. The number of nitrogen functional groups attached to an aromatic ring is 1. The second-order valence-electron chi connectivity index (χ2n) is 8.78. The Labute approximate surface area is 175 Å². The van der Waals surface area contributed by atoms with Crippen molar-refractivity contribution in [2.75, 3.05) is 18.8 Å². The van der Waals surface area contributed by atoms with E-state index in [0.29, 0.717) is 35.5 Å². The molecule has 4 N–H and O–H groups in total. The topological polar surface area (TPSA) is 99.4 Å². The van der Waals surface area contributed by atoms with Gasteiger partial charge in [-0.3, -0.25) is 4.79 Å². The van der Waals surface area contributed by atoms with E-state index in [1.807, 2.05) is 30.3 Å². The van der Waals surface area contributed by atoms with Gasteiger partial charge in [-0.05, 0) is 48.5 Å². The molecule has 3 aromatic rings. The van der Waals surface area contributed by atoms with Crippen molar-refractivity contribution in [2.45, 2.75) is 37.0 Å². The van der Waals surface area contributed by atoms with E-state index in [0.717, 1.165) is 29.4 Å². The Morgan fingerprint density at radius 2 is 1.90 bits per heavy atom. The fourth-order valence-corrected chi connectivity index (χ4v) is 6.65. The van der Waals surface area contributed by atoms with Crippen LogP contribution in [0.3, 0.4) is 0 Å². The molecule has 156 valence electrons. The van der Waals surface area contributed by atoms with Crippen molar-refractivity contribution in [2.24, 2.45) is 0 Å². The average Bonchev–Trinajstić information content (AvgIpc) is 3.34. The van der Waals surface area contributed by atoms with Gasteiger partial charge in [-0.25, -0.2) is 8.51 Å². The third-order valence-electron chi connectivity index (χ3n) is 6.52. The number of phenolic OH excluding ortho intramolecular Hbond substituents is 1. The van der Waals surface area contributed by atoms with E-state index >= 15 is 0 Å². The van der Waals surface area contributed by atoms with Crippen LogP contribution in [-0.4, -0.2) is 43.3 Å². The number of H-pyrrole nitrogens is 1. The van der Waals surface area contributed by atoms with Gasteiger partial charge < -0.3 is 15.8 Å². The fraction of sp³-hybridized carbons (Fsp3) is 0.304. The van der Waals surface area contributed by atoms with Crippen molar-refractivity contribution in [3.05, 3.63) is 52.7 Å². The number of hydrogen-bond donors (Lipinski definition) is 3. The number of aromatic nitrogens is 1. The molecule has 1 saturated heterocycles. The van der Waals surface area contributed by atoms with E-state index in [1.165, 1.54) is 0 Å². The van der Waals surface area contributed by atoms with Crippen LogP contribution in [0.1, 0.15) is 53.9 Å². The van der Waals surface area contributed by atoms with Crippen LogP contribution < -0.4 is 5.73 Å². The van der Waals surface area contributed by atoms with Crippen molar-refractivity contribution in [3.8, 4) is 5.75 Å². The molecule has 2 aliphatic rings. The van der Waals surface area contributed by atoms with Crippen LogP contribution in [0.4, 0.5) is 5.69 Å². The van der Waals surface area contributed by atoms with Gasteiger partial charge in [0.1, 0.15) is 5.75 Å². The summed E-state index contributed by atoms with van der Waals surface area (Å²) in [5.41, 5.74) is 9.37. The molecule has 1 aromatic heterocycles. The van der Waals surface area contributed by atoms with Crippen molar-refractivity contribution >= 4 is 38.0 Å². The molecular weight excluding hydrogens is 398 g/mol. The van der Waals surface area contributed by atoms with Gasteiger partial charge in [0.15, 0.2) is 5.78 Å². The molecule has 5 rings (SSSR count). The molecule has 1 fully saturated rings. The molecule has 0 amide bonds. The molecule has 7 heteroatoms. The maximum Gasteiger partial charge on any atom is 0.195 e. The molecule has 1 atom stereocenters. The normalized spacial score (nSPS) is 20.1. The van der Waals surface area contributed by atoms with Crippen molar-refractivity contribution in [1.82, 2.24) is 9.29 Å². The smallest absolute Gasteiger partial charge is 0.195 e. The van der Waals surface area contributed by atoms with Gasteiger partial charge in [-0.2, -0.15) is 0 Å². The number of anilines is 1. The SMILES string of the molecule is C=S(=O)(c1cc2c(cc1O)C(C)(C)c1[nH]c3cc(N)ccc3c1C2=O)N1CCCC1. The summed E-state index contributed by atoms with van der Waals surface area (Å²) < 4.78 is 15.3. The number of ketones is 1. The highest BCUT2D eigenvalue weighted by Gasteiger charge is 2.41. The first-order valence-electron chi connectivity index (χ1n) is 10.1.